The molecule has 0 bridgehead atoms. The molecule has 1 saturated carbocycles. The lowest BCUT2D eigenvalue weighted by molar-refractivity contribution is 0.0950. The quantitative estimate of drug-likeness (QED) is 0.699. The Kier molecular flexibility index (Phi) is 7.43. The second-order valence-corrected chi connectivity index (χ2v) is 6.92. The zero-order valence-corrected chi connectivity index (χ0v) is 16.2. The van der Waals surface area contributed by atoms with Crippen LogP contribution in [0.15, 0.2) is 24.5 Å². The molecule has 3 N–H and O–H groups in total. The molecule has 6 nitrogen and oxygen atoms in total. The summed E-state index contributed by atoms with van der Waals surface area (Å²) in [6, 6.07) is 4.02. The molecule has 2 fully saturated rings. The van der Waals surface area contributed by atoms with Crippen molar-refractivity contribution >= 4 is 30.7 Å². The third-order valence-corrected chi connectivity index (χ3v) is 4.83. The summed E-state index contributed by atoms with van der Waals surface area (Å²) in [5.41, 5.74) is 3.83. The van der Waals surface area contributed by atoms with E-state index in [1.807, 2.05) is 12.3 Å². The number of nitrogens with one attached hydrogen (secondary N) is 3. The second kappa shape index (κ2) is 9.35. The van der Waals surface area contributed by atoms with Crippen molar-refractivity contribution < 1.29 is 4.79 Å². The first-order chi connectivity index (χ1) is 11.8. The number of halogens is 2. The first-order valence-corrected chi connectivity index (χ1v) is 8.75. The summed E-state index contributed by atoms with van der Waals surface area (Å²) in [4.78, 5) is 16.6. The highest BCUT2D eigenvalue weighted by Crippen LogP contribution is 2.38. The van der Waals surface area contributed by atoms with Gasteiger partial charge in [-0.2, -0.15) is 5.10 Å². The third kappa shape index (κ3) is 5.19. The number of amides is 1. The van der Waals surface area contributed by atoms with Crippen LogP contribution < -0.4 is 10.6 Å². The van der Waals surface area contributed by atoms with E-state index < -0.39 is 0 Å². The van der Waals surface area contributed by atoms with Gasteiger partial charge in [0, 0.05) is 18.3 Å². The average molecular weight is 398 g/mol. The first kappa shape index (κ1) is 20.7. The van der Waals surface area contributed by atoms with Crippen LogP contribution in [0.1, 0.15) is 52.5 Å². The fourth-order valence-corrected chi connectivity index (χ4v) is 3.28. The molecule has 1 atom stereocenters. The number of carbonyl (C=O) groups is 1. The van der Waals surface area contributed by atoms with Crippen molar-refractivity contribution in [3.05, 3.63) is 47.0 Å². The molecule has 1 unspecified atom stereocenters. The molecule has 1 amide bonds. The third-order valence-electron chi connectivity index (χ3n) is 4.83. The Morgan fingerprint density at radius 3 is 2.77 bits per heavy atom. The summed E-state index contributed by atoms with van der Waals surface area (Å²) in [5.74, 6) is 1.18. The topological polar surface area (TPSA) is 82.7 Å². The molecule has 1 aliphatic heterocycles. The molecule has 8 heteroatoms. The molecule has 2 aliphatic rings. The Morgan fingerprint density at radius 1 is 1.19 bits per heavy atom. The zero-order valence-electron chi connectivity index (χ0n) is 14.5. The summed E-state index contributed by atoms with van der Waals surface area (Å²) < 4.78 is 0. The van der Waals surface area contributed by atoms with E-state index in [1.165, 1.54) is 19.3 Å². The molecule has 1 saturated heterocycles. The van der Waals surface area contributed by atoms with E-state index in [4.69, 9.17) is 0 Å². The van der Waals surface area contributed by atoms with Crippen LogP contribution >= 0.6 is 24.8 Å². The molecule has 0 radical (unpaired) electrons. The van der Waals surface area contributed by atoms with Gasteiger partial charge in [-0.15, -0.1) is 24.8 Å². The van der Waals surface area contributed by atoms with Crippen molar-refractivity contribution in [2.75, 3.05) is 13.1 Å². The van der Waals surface area contributed by atoms with Crippen LogP contribution in [-0.2, 0) is 13.0 Å². The summed E-state index contributed by atoms with van der Waals surface area (Å²) in [6.07, 6.45) is 8.13. The molecule has 2 aromatic heterocycles. The predicted octanol–water partition coefficient (Wildman–Crippen LogP) is 2.61. The summed E-state index contributed by atoms with van der Waals surface area (Å²) >= 11 is 0. The Bertz CT molecular complexity index is 726. The Morgan fingerprint density at radius 2 is 2.04 bits per heavy atom. The Hall–Kier alpha value is -1.63. The van der Waals surface area contributed by atoms with Crippen molar-refractivity contribution in [3.63, 3.8) is 0 Å². The predicted molar refractivity (Wildman–Crippen MR) is 105 cm³/mol. The van der Waals surface area contributed by atoms with E-state index in [1.54, 1.807) is 6.20 Å². The van der Waals surface area contributed by atoms with Crippen molar-refractivity contribution in [2.24, 2.45) is 5.92 Å². The van der Waals surface area contributed by atoms with Gasteiger partial charge in [-0.05, 0) is 62.4 Å². The highest BCUT2D eigenvalue weighted by atomic mass is 35.5. The first-order valence-electron chi connectivity index (χ1n) is 8.75. The maximum absolute atomic E-state index is 12.4. The molecule has 1 aliphatic carbocycles. The average Bonchev–Trinajstić information content (AvgIpc) is 3.12. The molecule has 26 heavy (non-hydrogen) atoms. The monoisotopic (exact) mass is 397 g/mol. The van der Waals surface area contributed by atoms with Gasteiger partial charge in [0.15, 0.2) is 0 Å². The number of aromatic nitrogens is 3. The fourth-order valence-electron chi connectivity index (χ4n) is 3.28. The van der Waals surface area contributed by atoms with Gasteiger partial charge < -0.3 is 10.6 Å². The Labute approximate surface area is 165 Å². The fraction of sp³-hybridized carbons (Fsp3) is 0.500. The van der Waals surface area contributed by atoms with Gasteiger partial charge in [0.1, 0.15) is 0 Å². The number of hydrogen-bond donors (Lipinski definition) is 3. The molecule has 3 heterocycles. The molecule has 142 valence electrons. The van der Waals surface area contributed by atoms with Crippen LogP contribution in [0.25, 0.3) is 0 Å². The lowest BCUT2D eigenvalue weighted by atomic mass is 9.99. The smallest absolute Gasteiger partial charge is 0.253 e. The molecular weight excluding hydrogens is 373 g/mol. The summed E-state index contributed by atoms with van der Waals surface area (Å²) in [5, 5.41) is 13.6. The number of aromatic amines is 1. The largest absolute Gasteiger partial charge is 0.346 e. The minimum absolute atomic E-state index is 0. The SMILES string of the molecule is Cl.Cl.O=C(NCc1cc(C2CC2)n[nH]1)c1cncc(CC2CCNC2)c1. The lowest BCUT2D eigenvalue weighted by Crippen LogP contribution is -2.23. The van der Waals surface area contributed by atoms with Crippen LogP contribution in [0.2, 0.25) is 0 Å². The van der Waals surface area contributed by atoms with Crippen LogP contribution in [0.3, 0.4) is 0 Å². The van der Waals surface area contributed by atoms with Crippen LogP contribution in [-0.4, -0.2) is 34.2 Å². The van der Waals surface area contributed by atoms with Gasteiger partial charge in [0.05, 0.1) is 23.5 Å². The Balaban J connectivity index is 0.00000121. The molecule has 2 aromatic rings. The molecule has 0 aromatic carbocycles. The van der Waals surface area contributed by atoms with Gasteiger partial charge in [0.25, 0.3) is 5.91 Å². The highest BCUT2D eigenvalue weighted by Gasteiger charge is 2.26. The van der Waals surface area contributed by atoms with E-state index in [9.17, 15) is 4.79 Å². The number of hydrogen-bond acceptors (Lipinski definition) is 4. The summed E-state index contributed by atoms with van der Waals surface area (Å²) in [6.45, 7) is 2.61. The number of pyridine rings is 1. The van der Waals surface area contributed by atoms with Gasteiger partial charge in [-0.3, -0.25) is 14.9 Å². The number of H-pyrrole nitrogens is 1. The maximum Gasteiger partial charge on any atom is 0.253 e. The second-order valence-electron chi connectivity index (χ2n) is 6.92. The van der Waals surface area contributed by atoms with Gasteiger partial charge in [-0.25, -0.2) is 0 Å². The lowest BCUT2D eigenvalue weighted by Gasteiger charge is -2.09. The van der Waals surface area contributed by atoms with Crippen molar-refractivity contribution in [2.45, 2.75) is 38.1 Å². The molecule has 4 rings (SSSR count). The minimum atomic E-state index is -0.0866. The zero-order chi connectivity index (χ0) is 16.4. The number of nitrogens with zero attached hydrogens (tertiary/aromatic N) is 2. The molecule has 0 spiro atoms. The minimum Gasteiger partial charge on any atom is -0.346 e. The van der Waals surface area contributed by atoms with Crippen molar-refractivity contribution in [1.29, 1.82) is 0 Å². The van der Waals surface area contributed by atoms with Crippen molar-refractivity contribution in [1.82, 2.24) is 25.8 Å². The van der Waals surface area contributed by atoms with E-state index in [0.717, 1.165) is 36.5 Å². The van der Waals surface area contributed by atoms with E-state index >= 15 is 0 Å². The van der Waals surface area contributed by atoms with Gasteiger partial charge in [0.2, 0.25) is 0 Å². The normalized spacial score (nSPS) is 18.7. The van der Waals surface area contributed by atoms with E-state index in [0.29, 0.717) is 23.9 Å². The summed E-state index contributed by atoms with van der Waals surface area (Å²) in [7, 11) is 0. The standard InChI is InChI=1S/C18H23N5O.2ClH/c24-18(21-11-16-7-17(23-22-16)14-1-2-14)15-6-13(9-20-10-15)5-12-3-4-19-8-12;;/h6-7,9-10,12,14,19H,1-5,8,11H2,(H,21,24)(H,22,23);2*1H. The number of rotatable bonds is 6. The number of carbonyl (C=O) groups excluding carboxylic acids is 1. The highest BCUT2D eigenvalue weighted by molar-refractivity contribution is 5.93. The van der Waals surface area contributed by atoms with Gasteiger partial charge in [-0.1, -0.05) is 0 Å². The van der Waals surface area contributed by atoms with Crippen molar-refractivity contribution in [3.8, 4) is 0 Å². The van der Waals surface area contributed by atoms with E-state index in [2.05, 4.69) is 31.9 Å². The van der Waals surface area contributed by atoms with Crippen LogP contribution in [0.4, 0.5) is 0 Å². The molecular formula is C18H25Cl2N5O. The van der Waals surface area contributed by atoms with Crippen LogP contribution in [0, 0.1) is 5.92 Å². The maximum atomic E-state index is 12.4. The van der Waals surface area contributed by atoms with E-state index in [-0.39, 0.29) is 30.7 Å². The van der Waals surface area contributed by atoms with Gasteiger partial charge >= 0.3 is 0 Å². The van der Waals surface area contributed by atoms with Crippen LogP contribution in [0.5, 0.6) is 0 Å².